The number of thiocarbonyl (C=S) groups is 1. The molecule has 1 rings (SSSR count). The summed E-state index contributed by atoms with van der Waals surface area (Å²) in [5, 5.41) is 0. The second-order valence-electron chi connectivity index (χ2n) is 4.97. The predicted molar refractivity (Wildman–Crippen MR) is 80.0 cm³/mol. The van der Waals surface area contributed by atoms with Gasteiger partial charge in [0.15, 0.2) is 0 Å². The molecule has 1 aromatic heterocycles. The zero-order valence-electron chi connectivity index (χ0n) is 11.6. The molecule has 0 atom stereocenters. The van der Waals surface area contributed by atoms with Crippen molar-refractivity contribution in [2.24, 2.45) is 11.7 Å². The second kappa shape index (κ2) is 6.64. The maximum absolute atomic E-state index is 5.58. The van der Waals surface area contributed by atoms with Gasteiger partial charge in [0.25, 0.3) is 0 Å². The van der Waals surface area contributed by atoms with Crippen molar-refractivity contribution in [1.29, 1.82) is 0 Å². The van der Waals surface area contributed by atoms with Gasteiger partial charge in [0, 0.05) is 31.3 Å². The molecule has 18 heavy (non-hydrogen) atoms. The van der Waals surface area contributed by atoms with Gasteiger partial charge in [-0.2, -0.15) is 0 Å². The number of nitrogens with zero attached hydrogens (tertiary/aromatic N) is 3. The molecular weight excluding hydrogens is 244 g/mol. The summed E-state index contributed by atoms with van der Waals surface area (Å²) in [6.45, 7) is 10.0. The molecule has 2 N–H and O–H groups in total. The largest absolute Gasteiger partial charge is 0.393 e. The molecule has 0 aliphatic carbocycles. The molecule has 0 unspecified atom stereocenters. The van der Waals surface area contributed by atoms with Crippen molar-refractivity contribution in [3.63, 3.8) is 0 Å². The normalized spacial score (nSPS) is 10.7. The average molecular weight is 266 g/mol. The number of anilines is 1. The summed E-state index contributed by atoms with van der Waals surface area (Å²) in [4.78, 5) is 11.6. The van der Waals surface area contributed by atoms with Crippen LogP contribution in [0.15, 0.2) is 6.07 Å². The third-order valence-corrected chi connectivity index (χ3v) is 2.69. The Morgan fingerprint density at radius 2 is 2.06 bits per heavy atom. The fraction of sp³-hybridized carbons (Fsp3) is 0.615. The van der Waals surface area contributed by atoms with Crippen molar-refractivity contribution < 1.29 is 0 Å². The summed E-state index contributed by atoms with van der Waals surface area (Å²) in [5.41, 5.74) is 6.57. The molecule has 0 saturated heterocycles. The van der Waals surface area contributed by atoms with Crippen LogP contribution in [0.25, 0.3) is 0 Å². The molecule has 0 radical (unpaired) electrons. The Morgan fingerprint density at radius 1 is 1.39 bits per heavy atom. The Kier molecular flexibility index (Phi) is 5.47. The van der Waals surface area contributed by atoms with Crippen LogP contribution in [0.4, 0.5) is 5.82 Å². The van der Waals surface area contributed by atoms with E-state index in [0.29, 0.717) is 17.3 Å². The first kappa shape index (κ1) is 14.8. The maximum Gasteiger partial charge on any atom is 0.132 e. The Balaban J connectivity index is 2.89. The van der Waals surface area contributed by atoms with Gasteiger partial charge in [-0.05, 0) is 19.8 Å². The molecule has 4 nitrogen and oxygen atoms in total. The van der Waals surface area contributed by atoms with Gasteiger partial charge in [0.1, 0.15) is 11.6 Å². The summed E-state index contributed by atoms with van der Waals surface area (Å²) in [6.07, 6.45) is 0.712. The standard InChI is InChI=1S/C13H22N4S/c1-9(2)8-17(6-5-12(14)18)13-7-10(3)15-11(4)16-13/h7,9H,5-6,8H2,1-4H3,(H2,14,18). The number of hydrogen-bond donors (Lipinski definition) is 1. The first-order chi connectivity index (χ1) is 8.38. The van der Waals surface area contributed by atoms with Gasteiger partial charge in [-0.25, -0.2) is 9.97 Å². The van der Waals surface area contributed by atoms with E-state index < -0.39 is 0 Å². The Bertz CT molecular complexity index is 397. The van der Waals surface area contributed by atoms with E-state index in [4.69, 9.17) is 18.0 Å². The lowest BCUT2D eigenvalue weighted by Gasteiger charge is -2.25. The fourth-order valence-electron chi connectivity index (χ4n) is 1.84. The minimum absolute atomic E-state index is 0.547. The molecule has 0 saturated carbocycles. The first-order valence-electron chi connectivity index (χ1n) is 6.24. The van der Waals surface area contributed by atoms with Crippen molar-refractivity contribution >= 4 is 23.0 Å². The summed E-state index contributed by atoms with van der Waals surface area (Å²) < 4.78 is 0. The van der Waals surface area contributed by atoms with Crippen LogP contribution in [-0.4, -0.2) is 28.0 Å². The number of rotatable bonds is 6. The lowest BCUT2D eigenvalue weighted by Crippen LogP contribution is -2.32. The average Bonchev–Trinajstić information content (AvgIpc) is 2.22. The van der Waals surface area contributed by atoms with Gasteiger partial charge in [0.05, 0.1) is 4.99 Å². The highest BCUT2D eigenvalue weighted by Crippen LogP contribution is 2.14. The highest BCUT2D eigenvalue weighted by atomic mass is 32.1. The monoisotopic (exact) mass is 266 g/mol. The lowest BCUT2D eigenvalue weighted by atomic mass is 10.2. The number of hydrogen-bond acceptors (Lipinski definition) is 4. The molecule has 0 bridgehead atoms. The molecule has 5 heteroatoms. The fourth-order valence-corrected chi connectivity index (χ4v) is 1.94. The summed E-state index contributed by atoms with van der Waals surface area (Å²) in [5.74, 6) is 2.32. The molecule has 1 heterocycles. The van der Waals surface area contributed by atoms with E-state index in [1.54, 1.807) is 0 Å². The smallest absolute Gasteiger partial charge is 0.132 e. The van der Waals surface area contributed by atoms with E-state index in [2.05, 4.69) is 28.7 Å². The number of nitrogens with two attached hydrogens (primary N) is 1. The van der Waals surface area contributed by atoms with Gasteiger partial charge in [-0.15, -0.1) is 0 Å². The summed E-state index contributed by atoms with van der Waals surface area (Å²) in [7, 11) is 0. The van der Waals surface area contributed by atoms with E-state index >= 15 is 0 Å². The molecule has 0 aromatic carbocycles. The van der Waals surface area contributed by atoms with Gasteiger partial charge in [-0.1, -0.05) is 26.1 Å². The Morgan fingerprint density at radius 3 is 2.56 bits per heavy atom. The van der Waals surface area contributed by atoms with Crippen LogP contribution in [-0.2, 0) is 0 Å². The third-order valence-electron chi connectivity index (χ3n) is 2.49. The Hall–Kier alpha value is -1.23. The van der Waals surface area contributed by atoms with E-state index in [9.17, 15) is 0 Å². The first-order valence-corrected chi connectivity index (χ1v) is 6.65. The quantitative estimate of drug-likeness (QED) is 0.800. The number of aromatic nitrogens is 2. The topological polar surface area (TPSA) is 55.0 Å². The van der Waals surface area contributed by atoms with Crippen LogP contribution in [0, 0.1) is 19.8 Å². The van der Waals surface area contributed by atoms with Gasteiger partial charge in [-0.3, -0.25) is 0 Å². The molecule has 0 aliphatic heterocycles. The lowest BCUT2D eigenvalue weighted by molar-refractivity contribution is 0.608. The molecule has 100 valence electrons. The zero-order valence-corrected chi connectivity index (χ0v) is 12.4. The summed E-state index contributed by atoms with van der Waals surface area (Å²) >= 11 is 4.95. The highest BCUT2D eigenvalue weighted by Gasteiger charge is 2.11. The van der Waals surface area contributed by atoms with Crippen LogP contribution in [0.3, 0.4) is 0 Å². The summed E-state index contributed by atoms with van der Waals surface area (Å²) in [6, 6.07) is 2.01. The van der Waals surface area contributed by atoms with Crippen molar-refractivity contribution in [2.75, 3.05) is 18.0 Å². The zero-order chi connectivity index (χ0) is 13.7. The van der Waals surface area contributed by atoms with Crippen LogP contribution in [0.5, 0.6) is 0 Å². The minimum atomic E-state index is 0.547. The molecule has 0 aliphatic rings. The maximum atomic E-state index is 5.58. The molecule has 0 amide bonds. The van der Waals surface area contributed by atoms with E-state index in [1.807, 2.05) is 19.9 Å². The molecule has 0 spiro atoms. The van der Waals surface area contributed by atoms with Crippen LogP contribution in [0.2, 0.25) is 0 Å². The number of aryl methyl sites for hydroxylation is 2. The predicted octanol–water partition coefficient (Wildman–Crippen LogP) is 2.23. The van der Waals surface area contributed by atoms with E-state index in [1.165, 1.54) is 0 Å². The van der Waals surface area contributed by atoms with Crippen molar-refractivity contribution in [2.45, 2.75) is 34.1 Å². The van der Waals surface area contributed by atoms with E-state index in [-0.39, 0.29) is 0 Å². The molecular formula is C13H22N4S. The van der Waals surface area contributed by atoms with Crippen molar-refractivity contribution in [3.05, 3.63) is 17.6 Å². The van der Waals surface area contributed by atoms with Crippen LogP contribution in [0.1, 0.15) is 31.8 Å². The molecule has 0 fully saturated rings. The highest BCUT2D eigenvalue weighted by molar-refractivity contribution is 7.80. The third kappa shape index (κ3) is 4.96. The Labute approximate surface area is 115 Å². The van der Waals surface area contributed by atoms with E-state index in [0.717, 1.165) is 30.4 Å². The van der Waals surface area contributed by atoms with Crippen molar-refractivity contribution in [3.8, 4) is 0 Å². The second-order valence-corrected chi connectivity index (χ2v) is 5.50. The minimum Gasteiger partial charge on any atom is -0.393 e. The van der Waals surface area contributed by atoms with Gasteiger partial charge >= 0.3 is 0 Å². The van der Waals surface area contributed by atoms with Gasteiger partial charge in [0.2, 0.25) is 0 Å². The van der Waals surface area contributed by atoms with Crippen LogP contribution >= 0.6 is 12.2 Å². The van der Waals surface area contributed by atoms with Gasteiger partial charge < -0.3 is 10.6 Å². The SMILES string of the molecule is Cc1cc(N(CCC(N)=S)CC(C)C)nc(C)n1. The van der Waals surface area contributed by atoms with Crippen LogP contribution < -0.4 is 10.6 Å². The molecule has 1 aromatic rings. The van der Waals surface area contributed by atoms with Crippen molar-refractivity contribution in [1.82, 2.24) is 9.97 Å².